The Bertz CT molecular complexity index is 680. The summed E-state index contributed by atoms with van der Waals surface area (Å²) >= 11 is 6.21. The third kappa shape index (κ3) is 3.53. The van der Waals surface area contributed by atoms with Crippen molar-refractivity contribution >= 4 is 42.7 Å². The van der Waals surface area contributed by atoms with E-state index in [2.05, 4.69) is 10.1 Å². The molecule has 0 spiro atoms. The van der Waals surface area contributed by atoms with Gasteiger partial charge in [0.2, 0.25) is 0 Å². The summed E-state index contributed by atoms with van der Waals surface area (Å²) < 4.78 is 1.05. The van der Waals surface area contributed by atoms with Crippen LogP contribution in [0.4, 0.5) is 5.69 Å². The van der Waals surface area contributed by atoms with Crippen LogP contribution < -0.4 is 0 Å². The van der Waals surface area contributed by atoms with Gasteiger partial charge in [0.1, 0.15) is 0 Å². The number of nitrogens with zero attached hydrogens (tertiary/aromatic N) is 3. The van der Waals surface area contributed by atoms with Gasteiger partial charge >= 0.3 is 135 Å². The summed E-state index contributed by atoms with van der Waals surface area (Å²) in [5.74, 6) is 0. The number of aliphatic imine (C=N–C) groups is 1. The van der Waals surface area contributed by atoms with Crippen LogP contribution in [0.1, 0.15) is 5.56 Å². The predicted molar refractivity (Wildman–Crippen MR) is 89.9 cm³/mol. The molecule has 3 nitrogen and oxygen atoms in total. The first-order valence-electron chi connectivity index (χ1n) is 6.56. The first kappa shape index (κ1) is 14.3. The van der Waals surface area contributed by atoms with Gasteiger partial charge in [-0.3, -0.25) is 0 Å². The summed E-state index contributed by atoms with van der Waals surface area (Å²) in [5.41, 5.74) is 3.21. The summed E-state index contributed by atoms with van der Waals surface area (Å²) in [6.07, 6.45) is 0. The van der Waals surface area contributed by atoms with Crippen molar-refractivity contribution in [2.24, 2.45) is 10.1 Å². The number of hydrogen-bond acceptors (Lipinski definition) is 2. The molecule has 2 aromatic rings. The standard InChI is InChI=1S/C16H14ClN3Se/c1-20-16(18-14-5-3-2-4-6-14)21-11-15(19-20)12-7-9-13(17)10-8-12/h2-10H,11H2,1H3. The molecule has 106 valence electrons. The second-order valence-corrected chi connectivity index (χ2v) is 7.01. The molecule has 0 fully saturated rings. The second kappa shape index (κ2) is 6.44. The Hall–Kier alpha value is -1.61. The number of halogens is 1. The Morgan fingerprint density at radius 1 is 1.10 bits per heavy atom. The molecule has 0 aliphatic carbocycles. The molecular weight excluding hydrogens is 349 g/mol. The number of hydrazone groups is 1. The van der Waals surface area contributed by atoms with E-state index >= 15 is 0 Å². The number of benzene rings is 2. The van der Waals surface area contributed by atoms with Gasteiger partial charge in [-0.25, -0.2) is 0 Å². The Morgan fingerprint density at radius 2 is 1.81 bits per heavy atom. The van der Waals surface area contributed by atoms with Crippen LogP contribution >= 0.6 is 11.6 Å². The van der Waals surface area contributed by atoms with Crippen LogP contribution in [0, 0.1) is 0 Å². The third-order valence-electron chi connectivity index (χ3n) is 3.04. The summed E-state index contributed by atoms with van der Waals surface area (Å²) in [5, 5.41) is 8.24. The Kier molecular flexibility index (Phi) is 4.39. The van der Waals surface area contributed by atoms with Crippen LogP contribution in [0.25, 0.3) is 0 Å². The maximum atomic E-state index is 5.93. The zero-order valence-corrected chi connectivity index (χ0v) is 14.0. The molecule has 0 atom stereocenters. The molecule has 5 heteroatoms. The zero-order chi connectivity index (χ0) is 14.7. The van der Waals surface area contributed by atoms with Gasteiger partial charge in [-0.05, 0) is 0 Å². The quantitative estimate of drug-likeness (QED) is 0.747. The van der Waals surface area contributed by atoms with E-state index < -0.39 is 0 Å². The average molecular weight is 363 g/mol. The van der Waals surface area contributed by atoms with Crippen molar-refractivity contribution in [3.63, 3.8) is 0 Å². The molecule has 0 unspecified atom stereocenters. The SMILES string of the molecule is CN1N=C(c2ccc(Cl)cc2)C[Se]C1=Nc1ccccc1. The maximum absolute atomic E-state index is 5.93. The predicted octanol–water partition coefficient (Wildman–Crippen LogP) is 3.80. The van der Waals surface area contributed by atoms with Gasteiger partial charge < -0.3 is 0 Å². The average Bonchev–Trinajstić information content (AvgIpc) is 2.51. The molecule has 0 saturated carbocycles. The van der Waals surface area contributed by atoms with E-state index in [9.17, 15) is 0 Å². The Morgan fingerprint density at radius 3 is 2.48 bits per heavy atom. The van der Waals surface area contributed by atoms with Crippen molar-refractivity contribution in [2.45, 2.75) is 5.32 Å². The van der Waals surface area contributed by atoms with Gasteiger partial charge in [0.15, 0.2) is 0 Å². The number of rotatable bonds is 2. The van der Waals surface area contributed by atoms with Crippen LogP contribution in [-0.4, -0.2) is 37.5 Å². The van der Waals surface area contributed by atoms with Crippen molar-refractivity contribution in [2.75, 3.05) is 7.05 Å². The van der Waals surface area contributed by atoms with Gasteiger partial charge in [0.25, 0.3) is 0 Å². The van der Waals surface area contributed by atoms with E-state index in [1.807, 2.05) is 66.7 Å². The first-order valence-corrected chi connectivity index (χ1v) is 9.00. The minimum absolute atomic E-state index is 0.279. The molecule has 2 aromatic carbocycles. The van der Waals surface area contributed by atoms with Crippen LogP contribution in [0.5, 0.6) is 0 Å². The van der Waals surface area contributed by atoms with E-state index in [1.165, 1.54) is 0 Å². The summed E-state index contributed by atoms with van der Waals surface area (Å²) in [7, 11) is 1.96. The molecule has 21 heavy (non-hydrogen) atoms. The number of para-hydroxylation sites is 1. The van der Waals surface area contributed by atoms with Gasteiger partial charge in [0.05, 0.1) is 0 Å². The van der Waals surface area contributed by atoms with Gasteiger partial charge in [-0.15, -0.1) is 0 Å². The minimum atomic E-state index is 0.279. The van der Waals surface area contributed by atoms with Crippen molar-refractivity contribution in [3.05, 3.63) is 65.2 Å². The molecule has 0 N–H and O–H groups in total. The Balaban J connectivity index is 1.83. The monoisotopic (exact) mass is 363 g/mol. The summed E-state index contributed by atoms with van der Waals surface area (Å²) in [6, 6.07) is 17.9. The van der Waals surface area contributed by atoms with Gasteiger partial charge in [0, 0.05) is 0 Å². The number of amidine groups is 1. The molecule has 0 amide bonds. The fourth-order valence-corrected chi connectivity index (χ4v) is 3.97. The third-order valence-corrected chi connectivity index (χ3v) is 5.46. The van der Waals surface area contributed by atoms with Crippen LogP contribution in [0.15, 0.2) is 64.7 Å². The topological polar surface area (TPSA) is 28.0 Å². The van der Waals surface area contributed by atoms with Crippen molar-refractivity contribution in [1.29, 1.82) is 0 Å². The normalized spacial score (nSPS) is 17.0. The Labute approximate surface area is 135 Å². The van der Waals surface area contributed by atoms with Crippen LogP contribution in [0.3, 0.4) is 0 Å². The summed E-state index contributed by atoms with van der Waals surface area (Å²) in [6.45, 7) is 0. The molecule has 0 radical (unpaired) electrons. The molecule has 1 aliphatic heterocycles. The molecule has 1 heterocycles. The van der Waals surface area contributed by atoms with E-state index in [0.717, 1.165) is 32.0 Å². The van der Waals surface area contributed by atoms with E-state index in [0.29, 0.717) is 0 Å². The fourth-order valence-electron chi connectivity index (χ4n) is 1.98. The molecule has 3 rings (SSSR count). The number of hydrogen-bond donors (Lipinski definition) is 0. The van der Waals surface area contributed by atoms with Gasteiger partial charge in [-0.1, -0.05) is 0 Å². The van der Waals surface area contributed by atoms with E-state index in [-0.39, 0.29) is 15.0 Å². The van der Waals surface area contributed by atoms with Crippen LogP contribution in [0.2, 0.25) is 10.3 Å². The molecule has 0 aromatic heterocycles. The molecule has 1 aliphatic rings. The first-order chi connectivity index (χ1) is 10.2. The van der Waals surface area contributed by atoms with Gasteiger partial charge in [-0.2, -0.15) is 0 Å². The second-order valence-electron chi connectivity index (χ2n) is 4.60. The van der Waals surface area contributed by atoms with Crippen molar-refractivity contribution in [1.82, 2.24) is 5.01 Å². The fraction of sp³-hybridized carbons (Fsp3) is 0.125. The molecule has 0 saturated heterocycles. The summed E-state index contributed by atoms with van der Waals surface area (Å²) in [4.78, 5) is 4.68. The van der Waals surface area contributed by atoms with Crippen LogP contribution in [-0.2, 0) is 0 Å². The molecule has 0 bridgehead atoms. The van der Waals surface area contributed by atoms with Crippen molar-refractivity contribution in [3.8, 4) is 0 Å². The van der Waals surface area contributed by atoms with E-state index in [4.69, 9.17) is 11.6 Å². The zero-order valence-electron chi connectivity index (χ0n) is 11.5. The van der Waals surface area contributed by atoms with E-state index in [1.54, 1.807) is 0 Å². The molecular formula is C16H14ClN3Se. The van der Waals surface area contributed by atoms with Crippen molar-refractivity contribution < 1.29 is 0 Å².